The van der Waals surface area contributed by atoms with Gasteiger partial charge < -0.3 is 5.32 Å². The number of para-hydroxylation sites is 1. The van der Waals surface area contributed by atoms with E-state index in [9.17, 15) is 4.79 Å². The third-order valence-electron chi connectivity index (χ3n) is 4.70. The van der Waals surface area contributed by atoms with Crippen LogP contribution in [0.2, 0.25) is 0 Å². The molecule has 0 bridgehead atoms. The lowest BCUT2D eigenvalue weighted by atomic mass is 10.0. The van der Waals surface area contributed by atoms with Gasteiger partial charge in [-0.1, -0.05) is 49.4 Å². The molecule has 0 spiro atoms. The van der Waals surface area contributed by atoms with Crippen LogP contribution in [0.3, 0.4) is 0 Å². The van der Waals surface area contributed by atoms with E-state index in [-0.39, 0.29) is 11.9 Å². The molecule has 3 aromatic rings. The molecule has 0 saturated heterocycles. The summed E-state index contributed by atoms with van der Waals surface area (Å²) in [6.07, 6.45) is 0. The number of hydrogen-bond acceptors (Lipinski definition) is 4. The van der Waals surface area contributed by atoms with E-state index in [2.05, 4.69) is 37.4 Å². The Morgan fingerprint density at radius 3 is 2.54 bits per heavy atom. The largest absolute Gasteiger partial charge is 0.354 e. The van der Waals surface area contributed by atoms with Gasteiger partial charge in [0.2, 0.25) is 5.91 Å². The first-order chi connectivity index (χ1) is 12.5. The Morgan fingerprint density at radius 1 is 1.12 bits per heavy atom. The first-order valence-corrected chi connectivity index (χ1v) is 9.73. The predicted octanol–water partition coefficient (Wildman–Crippen LogP) is 4.21. The third-order valence-corrected chi connectivity index (χ3v) is 5.90. The van der Waals surface area contributed by atoms with Gasteiger partial charge in [-0.3, -0.25) is 9.69 Å². The number of benzene rings is 2. The van der Waals surface area contributed by atoms with Gasteiger partial charge in [0.1, 0.15) is 5.01 Å². The number of aromatic nitrogens is 1. The minimum absolute atomic E-state index is 0.0447. The van der Waals surface area contributed by atoms with Gasteiger partial charge in [0, 0.05) is 6.54 Å². The molecule has 1 amide bonds. The molecule has 1 aromatic heterocycles. The number of carbonyl (C=O) groups excluding carboxylic acids is 1. The molecule has 4 nitrogen and oxygen atoms in total. The van der Waals surface area contributed by atoms with Crippen molar-refractivity contribution < 1.29 is 4.79 Å². The number of nitrogens with zero attached hydrogens (tertiary/aromatic N) is 2. The number of likely N-dealkylation sites (N-methyl/N-ethyl adjacent to an activating group) is 1. The second-order valence-corrected chi connectivity index (χ2v) is 7.79. The van der Waals surface area contributed by atoms with Crippen LogP contribution in [0.25, 0.3) is 10.2 Å². The Labute approximate surface area is 158 Å². The van der Waals surface area contributed by atoms with Crippen LogP contribution in [0.1, 0.15) is 36.4 Å². The maximum absolute atomic E-state index is 12.3. The second-order valence-electron chi connectivity index (χ2n) is 6.73. The quantitative estimate of drug-likeness (QED) is 0.680. The van der Waals surface area contributed by atoms with E-state index in [1.807, 2.05) is 48.3 Å². The van der Waals surface area contributed by atoms with E-state index >= 15 is 0 Å². The van der Waals surface area contributed by atoms with E-state index < -0.39 is 0 Å². The van der Waals surface area contributed by atoms with Crippen molar-refractivity contribution >= 4 is 27.5 Å². The van der Waals surface area contributed by atoms with Crippen LogP contribution >= 0.6 is 11.3 Å². The maximum atomic E-state index is 12.3. The summed E-state index contributed by atoms with van der Waals surface area (Å²) in [5.41, 5.74) is 2.26. The van der Waals surface area contributed by atoms with Crippen molar-refractivity contribution in [2.75, 3.05) is 20.1 Å². The molecule has 0 saturated carbocycles. The monoisotopic (exact) mass is 367 g/mol. The van der Waals surface area contributed by atoms with Crippen LogP contribution in [-0.4, -0.2) is 35.9 Å². The zero-order valence-corrected chi connectivity index (χ0v) is 16.3. The van der Waals surface area contributed by atoms with Gasteiger partial charge >= 0.3 is 0 Å². The molecule has 136 valence electrons. The molecular weight excluding hydrogens is 342 g/mol. The number of nitrogens with one attached hydrogen (secondary N) is 1. The number of fused-ring (bicyclic) bond motifs is 1. The minimum Gasteiger partial charge on any atom is -0.354 e. The molecule has 1 heterocycles. The topological polar surface area (TPSA) is 45.2 Å². The molecule has 2 atom stereocenters. The lowest BCUT2D eigenvalue weighted by Crippen LogP contribution is -2.37. The summed E-state index contributed by atoms with van der Waals surface area (Å²) in [5.74, 6) is 0.343. The fourth-order valence-electron chi connectivity index (χ4n) is 2.84. The van der Waals surface area contributed by atoms with Crippen LogP contribution in [0, 0.1) is 0 Å². The molecule has 0 fully saturated rings. The number of carbonyl (C=O) groups is 1. The van der Waals surface area contributed by atoms with Gasteiger partial charge in [-0.25, -0.2) is 4.98 Å². The molecule has 0 aliphatic carbocycles. The minimum atomic E-state index is 0.0447. The fraction of sp³-hybridized carbons (Fsp3) is 0.333. The molecule has 1 N–H and O–H groups in total. The highest BCUT2D eigenvalue weighted by Gasteiger charge is 2.18. The van der Waals surface area contributed by atoms with Crippen molar-refractivity contribution in [2.24, 2.45) is 0 Å². The summed E-state index contributed by atoms with van der Waals surface area (Å²) in [7, 11) is 1.97. The summed E-state index contributed by atoms with van der Waals surface area (Å²) in [5, 5.41) is 4.09. The van der Waals surface area contributed by atoms with Crippen LogP contribution in [0.15, 0.2) is 54.6 Å². The Hall–Kier alpha value is -2.24. The predicted molar refractivity (Wildman–Crippen MR) is 109 cm³/mol. The highest BCUT2D eigenvalue weighted by atomic mass is 32.1. The Morgan fingerprint density at radius 2 is 1.81 bits per heavy atom. The van der Waals surface area contributed by atoms with Crippen molar-refractivity contribution in [2.45, 2.75) is 25.8 Å². The Balaban J connectivity index is 1.53. The van der Waals surface area contributed by atoms with Crippen LogP contribution in [0.4, 0.5) is 0 Å². The second kappa shape index (κ2) is 8.43. The number of hydrogen-bond donors (Lipinski definition) is 1. The summed E-state index contributed by atoms with van der Waals surface area (Å²) in [6.45, 7) is 5.23. The number of amides is 1. The van der Waals surface area contributed by atoms with Crippen LogP contribution < -0.4 is 5.32 Å². The van der Waals surface area contributed by atoms with Gasteiger partial charge in [-0.15, -0.1) is 11.3 Å². The van der Waals surface area contributed by atoms with Crippen molar-refractivity contribution in [3.05, 3.63) is 65.2 Å². The van der Waals surface area contributed by atoms with Gasteiger partial charge in [0.05, 0.1) is 22.8 Å². The summed E-state index contributed by atoms with van der Waals surface area (Å²) in [4.78, 5) is 19.1. The molecule has 3 rings (SSSR count). The normalized spacial score (nSPS) is 13.7. The molecule has 5 heteroatoms. The van der Waals surface area contributed by atoms with Crippen molar-refractivity contribution in [3.63, 3.8) is 0 Å². The SMILES string of the molecule is C[C@@H](CNC(=O)CN(C)[C@@H](C)c1nc2ccccc2s1)c1ccccc1. The standard InChI is InChI=1S/C21H25N3OS/c1-15(17-9-5-4-6-10-17)13-22-20(25)14-24(3)16(2)21-23-18-11-7-8-12-19(18)26-21/h4-12,15-16H,13-14H2,1-3H3,(H,22,25)/t15-,16-/m0/s1. The van der Waals surface area contributed by atoms with Gasteiger partial charge in [0.15, 0.2) is 0 Å². The van der Waals surface area contributed by atoms with Crippen LogP contribution in [-0.2, 0) is 4.79 Å². The molecular formula is C21H25N3OS. The smallest absolute Gasteiger partial charge is 0.234 e. The Kier molecular flexibility index (Phi) is 6.01. The van der Waals surface area contributed by atoms with Crippen molar-refractivity contribution in [1.29, 1.82) is 0 Å². The lowest BCUT2D eigenvalue weighted by Gasteiger charge is -2.22. The fourth-order valence-corrected chi connectivity index (χ4v) is 3.93. The van der Waals surface area contributed by atoms with E-state index in [4.69, 9.17) is 4.98 Å². The van der Waals surface area contributed by atoms with E-state index in [1.165, 1.54) is 10.3 Å². The average molecular weight is 368 g/mol. The highest BCUT2D eigenvalue weighted by molar-refractivity contribution is 7.18. The van der Waals surface area contributed by atoms with Crippen molar-refractivity contribution in [1.82, 2.24) is 15.2 Å². The lowest BCUT2D eigenvalue weighted by molar-refractivity contribution is -0.122. The summed E-state index contributed by atoms with van der Waals surface area (Å²) >= 11 is 1.69. The van der Waals surface area contributed by atoms with Crippen LogP contribution in [0.5, 0.6) is 0 Å². The van der Waals surface area contributed by atoms with Crippen molar-refractivity contribution in [3.8, 4) is 0 Å². The van der Waals surface area contributed by atoms with Gasteiger partial charge in [-0.05, 0) is 37.6 Å². The van der Waals surface area contributed by atoms with Gasteiger partial charge in [0.25, 0.3) is 0 Å². The molecule has 2 aromatic carbocycles. The van der Waals surface area contributed by atoms with Gasteiger partial charge in [-0.2, -0.15) is 0 Å². The van der Waals surface area contributed by atoms with E-state index in [1.54, 1.807) is 11.3 Å². The molecule has 0 unspecified atom stereocenters. The Bertz CT molecular complexity index is 829. The molecule has 26 heavy (non-hydrogen) atoms. The van der Waals surface area contributed by atoms with E-state index in [0.717, 1.165) is 10.5 Å². The third kappa shape index (κ3) is 4.48. The average Bonchev–Trinajstić information content (AvgIpc) is 3.10. The summed E-state index contributed by atoms with van der Waals surface area (Å²) in [6, 6.07) is 18.5. The number of rotatable bonds is 7. The van der Waals surface area contributed by atoms with E-state index in [0.29, 0.717) is 19.0 Å². The zero-order valence-electron chi connectivity index (χ0n) is 15.5. The molecule has 0 aliphatic heterocycles. The first-order valence-electron chi connectivity index (χ1n) is 8.92. The highest BCUT2D eigenvalue weighted by Crippen LogP contribution is 2.28. The zero-order chi connectivity index (χ0) is 18.5. The number of thiazole rings is 1. The molecule has 0 aliphatic rings. The molecule has 0 radical (unpaired) electrons. The first kappa shape index (κ1) is 18.5. The summed E-state index contributed by atoms with van der Waals surface area (Å²) < 4.78 is 1.18. The maximum Gasteiger partial charge on any atom is 0.234 e.